The molecule has 0 atom stereocenters. The number of hydrogen-bond donors (Lipinski definition) is 0. The minimum Gasteiger partial charge on any atom is -0.497 e. The topological polar surface area (TPSA) is 281 Å². The number of fused-ring (bicyclic) bond motifs is 3. The molecule has 0 radical (unpaired) electrons. The van der Waals surface area contributed by atoms with Gasteiger partial charge in [-0.15, -0.1) is 11.3 Å². The number of rotatable bonds is 22. The van der Waals surface area contributed by atoms with Gasteiger partial charge in [-0.05, 0) is 153 Å². The van der Waals surface area contributed by atoms with Crippen LogP contribution in [0.5, 0.6) is 5.75 Å². The van der Waals surface area contributed by atoms with Crippen LogP contribution < -0.4 is 36.1 Å². The molecule has 3 aliphatic heterocycles. The van der Waals surface area contributed by atoms with Crippen LogP contribution >= 0.6 is 22.9 Å². The Labute approximate surface area is 609 Å². The van der Waals surface area contributed by atoms with Crippen LogP contribution in [0.4, 0.5) is 28.4 Å². The summed E-state index contributed by atoms with van der Waals surface area (Å²) in [7, 11) is 13.2. The largest absolute Gasteiger partial charge is 0.497 e. The number of esters is 1. The third-order valence-corrected chi connectivity index (χ3v) is 19.6. The van der Waals surface area contributed by atoms with Crippen LogP contribution in [-0.4, -0.2) is 231 Å². The minimum absolute atomic E-state index is 0.00435. The molecule has 0 spiro atoms. The number of carbonyl (C=O) groups is 4. The number of halogens is 1. The van der Waals surface area contributed by atoms with Gasteiger partial charge in [0.25, 0.3) is 23.3 Å². The number of hydrogen-bond acceptors (Lipinski definition) is 21. The van der Waals surface area contributed by atoms with E-state index in [-0.39, 0.29) is 35.7 Å². The van der Waals surface area contributed by atoms with Crippen molar-refractivity contribution in [2.45, 2.75) is 39.4 Å². The van der Waals surface area contributed by atoms with Gasteiger partial charge in [-0.3, -0.25) is 49.0 Å². The zero-order valence-corrected chi connectivity index (χ0v) is 61.3. The third kappa shape index (κ3) is 17.3. The highest BCUT2D eigenvalue weighted by atomic mass is 35.5. The molecule has 0 N–H and O–H groups in total. The van der Waals surface area contributed by atoms with Crippen molar-refractivity contribution < 1.29 is 42.9 Å². The average molecular weight is 1460 g/mol. The van der Waals surface area contributed by atoms with Gasteiger partial charge in [0.15, 0.2) is 5.76 Å². The maximum Gasteiger partial charge on any atom is 0.357 e. The summed E-state index contributed by atoms with van der Waals surface area (Å²) in [5.41, 5.74) is 1.45. The number of likely N-dealkylation sites (N-methyl/N-ethyl adjacent to an activating group) is 1. The number of ether oxygens (including phenoxy) is 2. The molecule has 550 valence electrons. The van der Waals surface area contributed by atoms with Crippen molar-refractivity contribution in [3.63, 3.8) is 0 Å². The Kier molecular flexibility index (Phi) is 25.4. The maximum absolute atomic E-state index is 13.8. The van der Waals surface area contributed by atoms with Crippen LogP contribution in [0.15, 0.2) is 146 Å². The molecular formula is C74H87ClN14O14S. The fourth-order valence-electron chi connectivity index (χ4n) is 13.3. The Bertz CT molecular complexity index is 4560. The van der Waals surface area contributed by atoms with Crippen LogP contribution in [0.3, 0.4) is 0 Å². The second-order valence-corrected chi connectivity index (χ2v) is 27.4. The number of thiophene rings is 1. The number of aryl methyl sites for hydroxylation is 2. The molecule has 28 nitrogen and oxygen atoms in total. The number of nitro groups is 2. The summed E-state index contributed by atoms with van der Waals surface area (Å²) in [5, 5.41) is 28.6. The smallest absolute Gasteiger partial charge is 0.357 e. The number of carbonyl (C=O) groups excluding carboxylic acids is 4. The van der Waals surface area contributed by atoms with Crippen LogP contribution in [0.1, 0.15) is 60.7 Å². The van der Waals surface area contributed by atoms with Crippen molar-refractivity contribution in [1.29, 1.82) is 0 Å². The summed E-state index contributed by atoms with van der Waals surface area (Å²) < 4.78 is 20.4. The molecule has 0 aliphatic carbocycles. The predicted molar refractivity (Wildman–Crippen MR) is 404 cm³/mol. The highest BCUT2D eigenvalue weighted by Crippen LogP contribution is 2.38. The number of nitrogens with zero attached hydrogens (tertiary/aromatic N) is 14. The number of amides is 3. The van der Waals surface area contributed by atoms with Crippen molar-refractivity contribution in [2.24, 2.45) is 0 Å². The van der Waals surface area contributed by atoms with E-state index in [1.165, 1.54) is 26.7 Å². The number of aromatic nitrogens is 3. The van der Waals surface area contributed by atoms with Gasteiger partial charge < -0.3 is 71.7 Å². The molecular weight excluding hydrogens is 1380 g/mol. The molecule has 8 heterocycles. The van der Waals surface area contributed by atoms with E-state index in [9.17, 15) is 53.8 Å². The van der Waals surface area contributed by atoms with Crippen LogP contribution in [0, 0.1) is 20.2 Å². The van der Waals surface area contributed by atoms with Gasteiger partial charge in [-0.2, -0.15) is 0 Å². The van der Waals surface area contributed by atoms with Gasteiger partial charge in [-0.1, -0.05) is 54.1 Å². The second-order valence-electron chi connectivity index (χ2n) is 26.1. The zero-order chi connectivity index (χ0) is 74.5. The molecule has 30 heteroatoms. The van der Waals surface area contributed by atoms with E-state index in [1.807, 2.05) is 138 Å². The highest BCUT2D eigenvalue weighted by Gasteiger charge is 2.36. The SMILES string of the molecule is CCOC(=O)c1c(N2CCN(C(=O)c3ccc(OC)cc3)CC2)c2cc(Cl)ccc2n(CCN(C)C)c1=O.CN(C)CCCn1c(=O)c([N+](=O)[O-])c(N2CCN(C(=O)c3ccco3)CC2)c2ccccc21.CN(C)CCCn1c(=O)c([N+](=O)[O-])c(N2CCN(C(=O)c3cccs3)CC2)c2ccccc21. The molecule has 0 unspecified atom stereocenters. The first-order valence-electron chi connectivity index (χ1n) is 34.4. The van der Waals surface area contributed by atoms with Crippen molar-refractivity contribution in [3.8, 4) is 5.75 Å². The summed E-state index contributed by atoms with van der Waals surface area (Å²) in [6.45, 7) is 10.2. The zero-order valence-electron chi connectivity index (χ0n) is 59.7. The number of furan rings is 1. The molecule has 9 aromatic rings. The van der Waals surface area contributed by atoms with E-state index < -0.39 is 43.9 Å². The fraction of sp³-hybridized carbons (Fsp3) is 0.392. The second kappa shape index (κ2) is 34.7. The Hall–Kier alpha value is -10.5. The molecule has 4 aromatic carbocycles. The lowest BCUT2D eigenvalue weighted by Gasteiger charge is -2.37. The average Bonchev–Trinajstić information content (AvgIpc) is 0.770. The lowest BCUT2D eigenvalue weighted by Crippen LogP contribution is -2.49. The quantitative estimate of drug-likeness (QED) is 0.0348. The van der Waals surface area contributed by atoms with Crippen LogP contribution in [0.2, 0.25) is 5.02 Å². The monoisotopic (exact) mass is 1460 g/mol. The summed E-state index contributed by atoms with van der Waals surface area (Å²) in [4.78, 5) is 133. The van der Waals surface area contributed by atoms with Crippen LogP contribution in [0.25, 0.3) is 32.7 Å². The Balaban J connectivity index is 0.000000168. The van der Waals surface area contributed by atoms with Gasteiger partial charge in [0.1, 0.15) is 22.7 Å². The Morgan fingerprint density at radius 2 is 1.00 bits per heavy atom. The summed E-state index contributed by atoms with van der Waals surface area (Å²) in [5.74, 6) is -0.0332. The summed E-state index contributed by atoms with van der Waals surface area (Å²) >= 11 is 7.80. The molecule has 3 aliphatic rings. The highest BCUT2D eigenvalue weighted by molar-refractivity contribution is 7.12. The molecule has 0 bridgehead atoms. The molecule has 104 heavy (non-hydrogen) atoms. The van der Waals surface area contributed by atoms with Crippen molar-refractivity contribution in [2.75, 3.05) is 169 Å². The van der Waals surface area contributed by atoms with Gasteiger partial charge in [0.2, 0.25) is 0 Å². The van der Waals surface area contributed by atoms with E-state index in [4.69, 9.17) is 25.5 Å². The maximum atomic E-state index is 13.8. The predicted octanol–water partition coefficient (Wildman–Crippen LogP) is 8.67. The molecule has 3 amide bonds. The van der Waals surface area contributed by atoms with E-state index in [2.05, 4.69) is 0 Å². The van der Waals surface area contributed by atoms with E-state index in [0.29, 0.717) is 189 Å². The number of pyridine rings is 3. The number of methoxy groups -OCH3 is 1. The Morgan fingerprint density at radius 1 is 0.529 bits per heavy atom. The number of anilines is 3. The minimum atomic E-state index is -0.662. The van der Waals surface area contributed by atoms with Gasteiger partial charge in [-0.25, -0.2) is 4.79 Å². The van der Waals surface area contributed by atoms with E-state index in [1.54, 1.807) is 87.9 Å². The van der Waals surface area contributed by atoms with Gasteiger partial charge in [0.05, 0.1) is 56.9 Å². The lowest BCUT2D eigenvalue weighted by atomic mass is 10.1. The number of piperazine rings is 3. The first-order valence-corrected chi connectivity index (χ1v) is 35.7. The first-order chi connectivity index (χ1) is 50.0. The van der Waals surface area contributed by atoms with Gasteiger partial charge >= 0.3 is 28.5 Å². The fourth-order valence-corrected chi connectivity index (χ4v) is 14.2. The summed E-state index contributed by atoms with van der Waals surface area (Å²) in [6, 6.07) is 33.9. The van der Waals surface area contributed by atoms with Crippen molar-refractivity contribution >= 4 is 108 Å². The number of benzene rings is 4. The molecule has 3 fully saturated rings. The number of para-hydroxylation sites is 2. The summed E-state index contributed by atoms with van der Waals surface area (Å²) in [6.07, 6.45) is 2.85. The third-order valence-electron chi connectivity index (χ3n) is 18.5. The van der Waals surface area contributed by atoms with E-state index >= 15 is 0 Å². The van der Waals surface area contributed by atoms with Crippen molar-refractivity contribution in [3.05, 3.63) is 205 Å². The lowest BCUT2D eigenvalue weighted by molar-refractivity contribution is -0.385. The molecule has 12 rings (SSSR count). The van der Waals surface area contributed by atoms with Crippen LogP contribution in [-0.2, 0) is 24.4 Å². The standard InChI is InChI=1S/C28H33ClN4O5.C23H27N5O5.C23H27N5O4S/c1-5-38-28(36)24-25(22-18-20(29)8-11-23(22)33(27(24)35)17-12-30(2)3)31-13-15-32(16-14-31)26(34)19-6-9-21(37-4)10-7-19;2*1-24(2)10-6-11-27-18-8-4-3-7-17(18)20(21(23(27)30)28(31)32)25-12-14-26(15-13-25)22(29)19-9-5-16-33-19/h6-11,18H,5,12-17H2,1-4H3;2*3-5,7-9,16H,6,10-15H2,1-2H3. The van der Waals surface area contributed by atoms with E-state index in [0.717, 1.165) is 13.1 Å². The Morgan fingerprint density at radius 3 is 1.45 bits per heavy atom. The molecule has 0 saturated carbocycles. The van der Waals surface area contributed by atoms with Gasteiger partial charge in [0, 0.05) is 131 Å². The normalized spacial score (nSPS) is 14.1. The van der Waals surface area contributed by atoms with Crippen molar-refractivity contribution in [1.82, 2.24) is 43.1 Å². The molecule has 3 saturated heterocycles. The first kappa shape index (κ1) is 76.2. The molecule has 5 aromatic heterocycles.